The average molecular weight is 431 g/mol. The molecule has 2 N–H and O–H groups in total. The summed E-state index contributed by atoms with van der Waals surface area (Å²) in [6, 6.07) is 3.22. The van der Waals surface area contributed by atoms with Crippen molar-refractivity contribution in [3.63, 3.8) is 0 Å². The summed E-state index contributed by atoms with van der Waals surface area (Å²) < 4.78 is 54.0. The molecule has 30 heavy (non-hydrogen) atoms. The van der Waals surface area contributed by atoms with E-state index in [1.54, 1.807) is 6.92 Å². The number of hydrogen-bond acceptors (Lipinski definition) is 5. The van der Waals surface area contributed by atoms with Crippen molar-refractivity contribution in [1.29, 1.82) is 0 Å². The van der Waals surface area contributed by atoms with Crippen molar-refractivity contribution in [3.8, 4) is 11.5 Å². The van der Waals surface area contributed by atoms with E-state index in [4.69, 9.17) is 9.47 Å². The number of ether oxygens (including phenoxy) is 3. The average Bonchev–Trinajstić information content (AvgIpc) is 2.65. The highest BCUT2D eigenvalue weighted by Crippen LogP contribution is 2.37. The molecule has 9 heteroatoms. The molecule has 0 bridgehead atoms. The molecule has 0 aromatic heterocycles. The van der Waals surface area contributed by atoms with Gasteiger partial charge in [-0.05, 0) is 57.6 Å². The van der Waals surface area contributed by atoms with Gasteiger partial charge in [-0.1, -0.05) is 0 Å². The number of rotatable bonds is 9. The number of aliphatic hydroxyl groups is 1. The van der Waals surface area contributed by atoms with Crippen LogP contribution in [0.1, 0.15) is 45.4 Å². The lowest BCUT2D eigenvalue weighted by molar-refractivity contribution is -0.132. The topological polar surface area (TPSA) is 77.0 Å². The van der Waals surface area contributed by atoms with Crippen molar-refractivity contribution >= 4 is 5.91 Å². The molecule has 2 aliphatic rings. The van der Waals surface area contributed by atoms with Gasteiger partial charge >= 0.3 is 6.61 Å². The van der Waals surface area contributed by atoms with Gasteiger partial charge in [0.2, 0.25) is 5.91 Å². The molecule has 2 aliphatic carbocycles. The number of benzene rings is 1. The minimum atomic E-state index is -3.04. The number of halogens is 3. The van der Waals surface area contributed by atoms with Crippen LogP contribution in [0.3, 0.4) is 0 Å². The SMILES string of the molecule is CC(O)COC1CCC(NC(=O)C2CC(Oc3cc(F)ccc3OC(F)F)C2)CC1. The highest BCUT2D eigenvalue weighted by atomic mass is 19.3. The summed E-state index contributed by atoms with van der Waals surface area (Å²) in [5.74, 6) is -1.20. The van der Waals surface area contributed by atoms with Crippen LogP contribution < -0.4 is 14.8 Å². The van der Waals surface area contributed by atoms with E-state index >= 15 is 0 Å². The standard InChI is InChI=1S/C21H28F3NO5/c1-12(26)11-28-16-5-3-15(4-6-16)25-20(27)13-8-17(9-13)29-19-10-14(22)2-7-18(19)30-21(23)24/h2,7,10,12-13,15-17,21,26H,3-6,8-9,11H2,1H3,(H,25,27). The minimum Gasteiger partial charge on any atom is -0.486 e. The van der Waals surface area contributed by atoms with Gasteiger partial charge in [-0.25, -0.2) is 4.39 Å². The quantitative estimate of drug-likeness (QED) is 0.627. The zero-order valence-corrected chi connectivity index (χ0v) is 16.9. The molecule has 1 atom stereocenters. The summed E-state index contributed by atoms with van der Waals surface area (Å²) in [4.78, 5) is 12.4. The van der Waals surface area contributed by atoms with Crippen LogP contribution in [0, 0.1) is 11.7 Å². The monoisotopic (exact) mass is 431 g/mol. The Kier molecular flexibility index (Phi) is 7.82. The lowest BCUT2D eigenvalue weighted by Crippen LogP contribution is -2.48. The third-order valence-electron chi connectivity index (χ3n) is 5.47. The zero-order chi connectivity index (χ0) is 21.7. The predicted octanol–water partition coefficient (Wildman–Crippen LogP) is 3.41. The molecule has 0 aliphatic heterocycles. The summed E-state index contributed by atoms with van der Waals surface area (Å²) in [5, 5.41) is 12.3. The van der Waals surface area contributed by atoms with Gasteiger partial charge in [-0.2, -0.15) is 8.78 Å². The first-order valence-electron chi connectivity index (χ1n) is 10.3. The Bertz CT molecular complexity index is 704. The summed E-state index contributed by atoms with van der Waals surface area (Å²) >= 11 is 0. The predicted molar refractivity (Wildman–Crippen MR) is 102 cm³/mol. The summed E-state index contributed by atoms with van der Waals surface area (Å²) in [5.41, 5.74) is 0. The molecule has 0 spiro atoms. The number of carbonyl (C=O) groups excluding carboxylic acids is 1. The largest absolute Gasteiger partial charge is 0.486 e. The van der Waals surface area contributed by atoms with Gasteiger partial charge < -0.3 is 24.6 Å². The van der Waals surface area contributed by atoms with E-state index in [1.807, 2.05) is 0 Å². The molecule has 1 aromatic carbocycles. The Morgan fingerprint density at radius 3 is 2.50 bits per heavy atom. The molecule has 1 aromatic rings. The normalized spacial score (nSPS) is 27.3. The van der Waals surface area contributed by atoms with Crippen molar-refractivity contribution < 1.29 is 37.3 Å². The van der Waals surface area contributed by atoms with Crippen molar-refractivity contribution in [3.05, 3.63) is 24.0 Å². The van der Waals surface area contributed by atoms with Gasteiger partial charge in [0.25, 0.3) is 0 Å². The maximum Gasteiger partial charge on any atom is 0.387 e. The fourth-order valence-electron chi connectivity index (χ4n) is 3.79. The van der Waals surface area contributed by atoms with Gasteiger partial charge in [0.15, 0.2) is 11.5 Å². The fourth-order valence-corrected chi connectivity index (χ4v) is 3.79. The second-order valence-corrected chi connectivity index (χ2v) is 8.04. The number of amides is 1. The molecule has 1 unspecified atom stereocenters. The Labute approximate surface area is 173 Å². The molecule has 6 nitrogen and oxygen atoms in total. The number of alkyl halides is 2. The molecule has 1 amide bonds. The Hall–Kier alpha value is -2.00. The van der Waals surface area contributed by atoms with Gasteiger partial charge in [-0.3, -0.25) is 4.79 Å². The molecule has 0 radical (unpaired) electrons. The lowest BCUT2D eigenvalue weighted by Gasteiger charge is -2.36. The van der Waals surface area contributed by atoms with Crippen molar-refractivity contribution in [2.24, 2.45) is 5.92 Å². The smallest absolute Gasteiger partial charge is 0.387 e. The molecule has 0 saturated heterocycles. The lowest BCUT2D eigenvalue weighted by atomic mass is 9.81. The highest BCUT2D eigenvalue weighted by molar-refractivity contribution is 5.80. The van der Waals surface area contributed by atoms with Crippen LogP contribution in [0.5, 0.6) is 11.5 Å². The van der Waals surface area contributed by atoms with E-state index in [2.05, 4.69) is 10.1 Å². The van der Waals surface area contributed by atoms with E-state index in [0.29, 0.717) is 19.4 Å². The van der Waals surface area contributed by atoms with E-state index in [9.17, 15) is 23.1 Å². The summed E-state index contributed by atoms with van der Waals surface area (Å²) in [7, 11) is 0. The molecule has 0 heterocycles. The fraction of sp³-hybridized carbons (Fsp3) is 0.667. The third-order valence-corrected chi connectivity index (χ3v) is 5.47. The first-order chi connectivity index (χ1) is 14.3. The van der Waals surface area contributed by atoms with Crippen LogP contribution in [0.25, 0.3) is 0 Å². The number of nitrogens with one attached hydrogen (secondary N) is 1. The van der Waals surface area contributed by atoms with Crippen LogP contribution in [0.2, 0.25) is 0 Å². The third kappa shape index (κ3) is 6.50. The van der Waals surface area contributed by atoms with E-state index in [1.165, 1.54) is 0 Å². The highest BCUT2D eigenvalue weighted by Gasteiger charge is 2.37. The maximum atomic E-state index is 13.4. The van der Waals surface area contributed by atoms with Crippen LogP contribution in [0.15, 0.2) is 18.2 Å². The van der Waals surface area contributed by atoms with Crippen molar-refractivity contribution in [2.45, 2.75) is 76.4 Å². The summed E-state index contributed by atoms with van der Waals surface area (Å²) in [6.07, 6.45) is 3.45. The number of carbonyl (C=O) groups is 1. The summed E-state index contributed by atoms with van der Waals surface area (Å²) in [6.45, 7) is -1.03. The molecule has 168 valence electrons. The number of hydrogen-bond donors (Lipinski definition) is 2. The second-order valence-electron chi connectivity index (χ2n) is 8.04. The molecule has 3 rings (SSSR count). The van der Waals surface area contributed by atoms with Gasteiger partial charge in [0.1, 0.15) is 11.9 Å². The Morgan fingerprint density at radius 2 is 1.87 bits per heavy atom. The minimum absolute atomic E-state index is 0.0495. The molecular formula is C21H28F3NO5. The van der Waals surface area contributed by atoms with Crippen LogP contribution >= 0.6 is 0 Å². The number of aliphatic hydroxyl groups excluding tert-OH is 1. The molecular weight excluding hydrogens is 403 g/mol. The van der Waals surface area contributed by atoms with Gasteiger partial charge in [0, 0.05) is 18.0 Å². The maximum absolute atomic E-state index is 13.4. The Morgan fingerprint density at radius 1 is 1.17 bits per heavy atom. The van der Waals surface area contributed by atoms with Crippen molar-refractivity contribution in [2.75, 3.05) is 6.61 Å². The van der Waals surface area contributed by atoms with Crippen LogP contribution in [0.4, 0.5) is 13.2 Å². The first-order valence-corrected chi connectivity index (χ1v) is 10.3. The van der Waals surface area contributed by atoms with Crippen molar-refractivity contribution in [1.82, 2.24) is 5.32 Å². The zero-order valence-electron chi connectivity index (χ0n) is 16.9. The molecule has 2 fully saturated rings. The van der Waals surface area contributed by atoms with Crippen LogP contribution in [-0.2, 0) is 9.53 Å². The van der Waals surface area contributed by atoms with Crippen LogP contribution in [-0.4, -0.2) is 48.6 Å². The first kappa shape index (κ1) is 22.7. The van der Waals surface area contributed by atoms with Gasteiger partial charge in [0.05, 0.1) is 18.8 Å². The van der Waals surface area contributed by atoms with E-state index in [-0.39, 0.29) is 41.6 Å². The molecule has 2 saturated carbocycles. The van der Waals surface area contributed by atoms with Gasteiger partial charge in [-0.15, -0.1) is 0 Å². The van der Waals surface area contributed by atoms with E-state index in [0.717, 1.165) is 43.9 Å². The Balaban J connectivity index is 1.40. The van der Waals surface area contributed by atoms with E-state index < -0.39 is 18.5 Å². The second kappa shape index (κ2) is 10.3.